The monoisotopic (exact) mass is 380 g/mol. The van der Waals surface area contributed by atoms with Gasteiger partial charge < -0.3 is 20.6 Å². The maximum absolute atomic E-state index is 12.5. The summed E-state index contributed by atoms with van der Waals surface area (Å²) in [5.41, 5.74) is 0.147. The zero-order valence-corrected chi connectivity index (χ0v) is 17.4. The van der Waals surface area contributed by atoms with Gasteiger partial charge in [-0.1, -0.05) is 19.3 Å². The molecule has 0 aromatic carbocycles. The van der Waals surface area contributed by atoms with Crippen molar-refractivity contribution in [1.82, 2.24) is 15.5 Å². The van der Waals surface area contributed by atoms with Crippen molar-refractivity contribution in [2.45, 2.75) is 84.1 Å². The predicted molar refractivity (Wildman–Crippen MR) is 111 cm³/mol. The van der Waals surface area contributed by atoms with E-state index in [1.807, 2.05) is 4.90 Å². The molecule has 1 amide bonds. The molecule has 1 aliphatic heterocycles. The van der Waals surface area contributed by atoms with Gasteiger partial charge in [-0.15, -0.1) is 0 Å². The number of hydrogen-bond acceptors (Lipinski definition) is 3. The molecule has 27 heavy (non-hydrogen) atoms. The van der Waals surface area contributed by atoms with Gasteiger partial charge in [-0.05, 0) is 57.8 Å². The van der Waals surface area contributed by atoms with Crippen molar-refractivity contribution in [3.63, 3.8) is 0 Å². The fourth-order valence-electron chi connectivity index (χ4n) is 4.51. The lowest BCUT2D eigenvalue weighted by Gasteiger charge is -2.35. The van der Waals surface area contributed by atoms with Crippen LogP contribution in [0.2, 0.25) is 0 Å². The van der Waals surface area contributed by atoms with Gasteiger partial charge in [-0.25, -0.2) is 0 Å². The lowest BCUT2D eigenvalue weighted by atomic mass is 9.72. The summed E-state index contributed by atoms with van der Waals surface area (Å²) in [6.07, 6.45) is 10.9. The highest BCUT2D eigenvalue weighted by Gasteiger charge is 2.31. The lowest BCUT2D eigenvalue weighted by Crippen LogP contribution is -2.44. The third-order valence-electron chi connectivity index (χ3n) is 6.23. The molecule has 156 valence electrons. The van der Waals surface area contributed by atoms with Gasteiger partial charge in [-0.2, -0.15) is 0 Å². The average molecular weight is 381 g/mol. The molecular weight excluding hydrogens is 340 g/mol. The molecule has 0 radical (unpaired) electrons. The Morgan fingerprint density at radius 3 is 2.63 bits per heavy atom. The van der Waals surface area contributed by atoms with Crippen molar-refractivity contribution in [2.24, 2.45) is 10.4 Å². The van der Waals surface area contributed by atoms with E-state index in [9.17, 15) is 9.90 Å². The number of carbonyl (C=O) groups is 1. The number of nitrogens with one attached hydrogen (secondary N) is 2. The number of piperidine rings is 1. The summed E-state index contributed by atoms with van der Waals surface area (Å²) in [5, 5.41) is 16.1. The van der Waals surface area contributed by atoms with E-state index in [0.29, 0.717) is 19.0 Å². The highest BCUT2D eigenvalue weighted by Crippen LogP contribution is 2.39. The molecular formula is C21H40N4O2. The highest BCUT2D eigenvalue weighted by molar-refractivity contribution is 5.81. The summed E-state index contributed by atoms with van der Waals surface area (Å²) in [6, 6.07) is 0.373. The second kappa shape index (κ2) is 11.5. The maximum Gasteiger partial charge on any atom is 0.224 e. The quantitative estimate of drug-likeness (QED) is 0.447. The molecule has 0 aromatic heterocycles. The Kier molecular flexibility index (Phi) is 9.39. The number of aliphatic imine (C=N–C) groups is 1. The van der Waals surface area contributed by atoms with E-state index in [4.69, 9.17) is 4.99 Å². The van der Waals surface area contributed by atoms with Gasteiger partial charge in [0.1, 0.15) is 0 Å². The Labute approximate surface area is 165 Å². The van der Waals surface area contributed by atoms with Gasteiger partial charge in [0.15, 0.2) is 5.96 Å². The van der Waals surface area contributed by atoms with Gasteiger partial charge >= 0.3 is 0 Å². The SMILES string of the molecule is CCNC(=NCC1(CCO)CCCCC1)NCCC(=O)N1CCCCC1C. The summed E-state index contributed by atoms with van der Waals surface area (Å²) >= 11 is 0. The number of hydrogen-bond donors (Lipinski definition) is 3. The van der Waals surface area contributed by atoms with Gasteiger partial charge in [0.2, 0.25) is 5.91 Å². The molecule has 1 heterocycles. The number of likely N-dealkylation sites (tertiary alicyclic amines) is 1. The Morgan fingerprint density at radius 1 is 1.19 bits per heavy atom. The van der Waals surface area contributed by atoms with Gasteiger partial charge in [0.25, 0.3) is 0 Å². The molecule has 1 saturated carbocycles. The van der Waals surface area contributed by atoms with Gasteiger partial charge in [0.05, 0.1) is 0 Å². The fourth-order valence-corrected chi connectivity index (χ4v) is 4.51. The summed E-state index contributed by atoms with van der Waals surface area (Å²) < 4.78 is 0. The minimum Gasteiger partial charge on any atom is -0.396 e. The van der Waals surface area contributed by atoms with Crippen LogP contribution in [0.3, 0.4) is 0 Å². The molecule has 2 fully saturated rings. The molecule has 0 bridgehead atoms. The van der Waals surface area contributed by atoms with Crippen molar-refractivity contribution >= 4 is 11.9 Å². The third kappa shape index (κ3) is 6.98. The lowest BCUT2D eigenvalue weighted by molar-refractivity contribution is -0.134. The minimum absolute atomic E-state index is 0.147. The number of nitrogens with zero attached hydrogens (tertiary/aromatic N) is 2. The second-order valence-corrected chi connectivity index (χ2v) is 8.34. The molecule has 0 aromatic rings. The van der Waals surface area contributed by atoms with Gasteiger partial charge in [-0.3, -0.25) is 9.79 Å². The van der Waals surface area contributed by atoms with E-state index in [1.54, 1.807) is 0 Å². The summed E-state index contributed by atoms with van der Waals surface area (Å²) in [7, 11) is 0. The van der Waals surface area contributed by atoms with Crippen molar-refractivity contribution < 1.29 is 9.90 Å². The van der Waals surface area contributed by atoms with Crippen molar-refractivity contribution in [3.05, 3.63) is 0 Å². The zero-order chi connectivity index (χ0) is 19.5. The van der Waals surface area contributed by atoms with Crippen molar-refractivity contribution in [3.8, 4) is 0 Å². The van der Waals surface area contributed by atoms with Gasteiger partial charge in [0, 0.05) is 45.2 Å². The second-order valence-electron chi connectivity index (χ2n) is 8.34. The topological polar surface area (TPSA) is 77.0 Å². The van der Waals surface area contributed by atoms with Crippen LogP contribution in [0.4, 0.5) is 0 Å². The van der Waals surface area contributed by atoms with E-state index < -0.39 is 0 Å². The van der Waals surface area contributed by atoms with E-state index in [2.05, 4.69) is 24.5 Å². The maximum atomic E-state index is 12.5. The summed E-state index contributed by atoms with van der Waals surface area (Å²) in [4.78, 5) is 19.3. The normalized spacial score (nSPS) is 23.1. The number of aliphatic hydroxyl groups is 1. The van der Waals surface area contributed by atoms with Crippen molar-refractivity contribution in [2.75, 3.05) is 32.8 Å². The zero-order valence-electron chi connectivity index (χ0n) is 17.4. The number of rotatable bonds is 8. The summed E-state index contributed by atoms with van der Waals surface area (Å²) in [6.45, 7) is 7.51. The van der Waals surface area contributed by atoms with Crippen LogP contribution < -0.4 is 10.6 Å². The molecule has 1 unspecified atom stereocenters. The number of carbonyl (C=O) groups excluding carboxylic acids is 1. The van der Waals surface area contributed by atoms with Crippen LogP contribution in [-0.2, 0) is 4.79 Å². The smallest absolute Gasteiger partial charge is 0.224 e. The first kappa shape index (κ1) is 22.0. The first-order valence-corrected chi connectivity index (χ1v) is 11.0. The average Bonchev–Trinajstić information content (AvgIpc) is 2.67. The van der Waals surface area contributed by atoms with Crippen LogP contribution in [0, 0.1) is 5.41 Å². The van der Waals surface area contributed by atoms with Crippen LogP contribution in [0.25, 0.3) is 0 Å². The van der Waals surface area contributed by atoms with E-state index >= 15 is 0 Å². The van der Waals surface area contributed by atoms with Crippen LogP contribution in [0.1, 0.15) is 78.1 Å². The van der Waals surface area contributed by atoms with Crippen LogP contribution >= 0.6 is 0 Å². The molecule has 1 aliphatic carbocycles. The Bertz CT molecular complexity index is 469. The first-order chi connectivity index (χ1) is 13.1. The molecule has 1 saturated heterocycles. The Morgan fingerprint density at radius 2 is 1.96 bits per heavy atom. The van der Waals surface area contributed by atoms with Crippen LogP contribution in [0.15, 0.2) is 4.99 Å². The largest absolute Gasteiger partial charge is 0.396 e. The fraction of sp³-hybridized carbons (Fsp3) is 0.905. The molecule has 6 nitrogen and oxygen atoms in total. The first-order valence-electron chi connectivity index (χ1n) is 11.0. The predicted octanol–water partition coefficient (Wildman–Crippen LogP) is 2.67. The number of aliphatic hydroxyl groups excluding tert-OH is 1. The molecule has 0 spiro atoms. The molecule has 6 heteroatoms. The molecule has 1 atom stereocenters. The van der Waals surface area contributed by atoms with E-state index in [0.717, 1.165) is 57.7 Å². The van der Waals surface area contributed by atoms with Crippen LogP contribution in [0.5, 0.6) is 0 Å². The molecule has 2 rings (SSSR count). The number of guanidine groups is 1. The highest BCUT2D eigenvalue weighted by atomic mass is 16.3. The van der Waals surface area contributed by atoms with Crippen LogP contribution in [-0.4, -0.2) is 60.7 Å². The third-order valence-corrected chi connectivity index (χ3v) is 6.23. The standard InChI is InChI=1S/C21H40N4O2/c1-3-22-20(24-17-21(13-16-26)11-6-4-7-12-21)23-14-10-19(27)25-15-8-5-9-18(25)2/h18,26H,3-17H2,1-2H3,(H2,22,23,24). The Hall–Kier alpha value is -1.30. The molecule has 2 aliphatic rings. The summed E-state index contributed by atoms with van der Waals surface area (Å²) in [5.74, 6) is 1.04. The van der Waals surface area contributed by atoms with Crippen molar-refractivity contribution in [1.29, 1.82) is 0 Å². The minimum atomic E-state index is 0.147. The molecule has 3 N–H and O–H groups in total. The number of amides is 1. The Balaban J connectivity index is 1.84. The van der Waals surface area contributed by atoms with E-state index in [1.165, 1.54) is 25.7 Å². The van der Waals surface area contributed by atoms with E-state index in [-0.39, 0.29) is 17.9 Å².